The van der Waals surface area contributed by atoms with Crippen molar-refractivity contribution in [3.8, 4) is 11.5 Å². The second-order valence-electron chi connectivity index (χ2n) is 11.4. The van der Waals surface area contributed by atoms with Gasteiger partial charge in [0.2, 0.25) is 0 Å². The lowest BCUT2D eigenvalue weighted by Crippen LogP contribution is -2.49. The molecule has 3 aromatic carbocycles. The normalized spacial score (nSPS) is 22.2. The van der Waals surface area contributed by atoms with Crippen molar-refractivity contribution in [3.63, 3.8) is 0 Å². The largest absolute Gasteiger partial charge is 0.455 e. The Morgan fingerprint density at radius 2 is 1.75 bits per heavy atom. The van der Waals surface area contributed by atoms with Crippen LogP contribution in [0.1, 0.15) is 29.6 Å². The Labute approximate surface area is 238 Å². The molecule has 0 bridgehead atoms. The first kappa shape index (κ1) is 25.8. The SMILES string of the molecule is O=C(c1cc(Oc2ccc(Cl)cc2)c2c(c1)c1ccccc1n2C[C@@H]1CCNC[C@H]1F)N1CCN(C2CC2)CC1. The van der Waals surface area contributed by atoms with Gasteiger partial charge < -0.3 is 19.5 Å². The molecule has 7 rings (SSSR count). The fourth-order valence-corrected chi connectivity index (χ4v) is 6.52. The zero-order chi connectivity index (χ0) is 27.2. The van der Waals surface area contributed by atoms with Crippen LogP contribution in [0.5, 0.6) is 11.5 Å². The maximum Gasteiger partial charge on any atom is 0.254 e. The van der Waals surface area contributed by atoms with Gasteiger partial charge in [-0.1, -0.05) is 29.8 Å². The average molecular weight is 561 g/mol. The molecule has 2 saturated heterocycles. The number of rotatable bonds is 6. The van der Waals surface area contributed by atoms with E-state index in [4.69, 9.17) is 16.3 Å². The highest BCUT2D eigenvalue weighted by Gasteiger charge is 2.33. The highest BCUT2D eigenvalue weighted by molar-refractivity contribution is 6.30. The predicted octanol–water partition coefficient (Wildman–Crippen LogP) is 6.11. The second-order valence-corrected chi connectivity index (χ2v) is 11.8. The van der Waals surface area contributed by atoms with E-state index < -0.39 is 6.17 Å². The van der Waals surface area contributed by atoms with Crippen LogP contribution in [0.15, 0.2) is 60.7 Å². The van der Waals surface area contributed by atoms with Gasteiger partial charge in [0.25, 0.3) is 5.91 Å². The number of amides is 1. The number of piperidine rings is 1. The average Bonchev–Trinajstić information content (AvgIpc) is 3.79. The van der Waals surface area contributed by atoms with Gasteiger partial charge in [-0.15, -0.1) is 0 Å². The van der Waals surface area contributed by atoms with Crippen molar-refractivity contribution in [3.05, 3.63) is 71.2 Å². The Morgan fingerprint density at radius 3 is 2.50 bits per heavy atom. The molecule has 3 heterocycles. The molecule has 4 aromatic rings. The zero-order valence-electron chi connectivity index (χ0n) is 22.5. The number of hydrogen-bond donors (Lipinski definition) is 1. The van der Waals surface area contributed by atoms with Crippen LogP contribution in [0.3, 0.4) is 0 Å². The Balaban J connectivity index is 1.33. The van der Waals surface area contributed by atoms with Crippen LogP contribution in [0.2, 0.25) is 5.02 Å². The summed E-state index contributed by atoms with van der Waals surface area (Å²) in [5, 5.41) is 5.78. The van der Waals surface area contributed by atoms with Gasteiger partial charge in [0.15, 0.2) is 5.75 Å². The molecule has 6 nitrogen and oxygen atoms in total. The third-order valence-corrected chi connectivity index (χ3v) is 8.99. The van der Waals surface area contributed by atoms with Gasteiger partial charge in [0.1, 0.15) is 11.9 Å². The molecule has 1 aromatic heterocycles. The molecule has 1 saturated carbocycles. The van der Waals surface area contributed by atoms with E-state index in [1.165, 1.54) is 12.8 Å². The van der Waals surface area contributed by atoms with E-state index in [1.54, 1.807) is 12.1 Å². The lowest BCUT2D eigenvalue weighted by Gasteiger charge is -2.35. The third kappa shape index (κ3) is 4.95. The number of ether oxygens (including phenoxy) is 1. The molecule has 2 aliphatic heterocycles. The van der Waals surface area contributed by atoms with Crippen molar-refractivity contribution in [2.75, 3.05) is 39.3 Å². The number of hydrogen-bond acceptors (Lipinski definition) is 4. The van der Waals surface area contributed by atoms with E-state index in [0.717, 1.165) is 61.0 Å². The number of aromatic nitrogens is 1. The van der Waals surface area contributed by atoms with Crippen LogP contribution in [-0.2, 0) is 6.54 Å². The number of carbonyl (C=O) groups excluding carboxylic acids is 1. The van der Waals surface area contributed by atoms with Gasteiger partial charge in [-0.25, -0.2) is 4.39 Å². The number of carbonyl (C=O) groups is 1. The molecule has 2 atom stereocenters. The molecular weight excluding hydrogens is 527 g/mol. The van der Waals surface area contributed by atoms with E-state index >= 15 is 4.39 Å². The Kier molecular flexibility index (Phi) is 6.90. The summed E-state index contributed by atoms with van der Waals surface area (Å²) >= 11 is 6.14. The van der Waals surface area contributed by atoms with E-state index in [9.17, 15) is 4.79 Å². The van der Waals surface area contributed by atoms with Crippen molar-refractivity contribution in [1.82, 2.24) is 19.7 Å². The van der Waals surface area contributed by atoms with E-state index in [1.807, 2.05) is 41.3 Å². The van der Waals surface area contributed by atoms with Gasteiger partial charge in [0, 0.05) is 78.1 Å². The van der Waals surface area contributed by atoms with Gasteiger partial charge in [-0.05, 0) is 68.3 Å². The van der Waals surface area contributed by atoms with Crippen LogP contribution in [0, 0.1) is 5.92 Å². The number of nitrogens with one attached hydrogen (secondary N) is 1. The van der Waals surface area contributed by atoms with Gasteiger partial charge >= 0.3 is 0 Å². The maximum atomic E-state index is 15.0. The molecule has 3 aliphatic rings. The smallest absolute Gasteiger partial charge is 0.254 e. The van der Waals surface area contributed by atoms with E-state index in [2.05, 4.69) is 26.9 Å². The Morgan fingerprint density at radius 1 is 0.975 bits per heavy atom. The van der Waals surface area contributed by atoms with Crippen LogP contribution >= 0.6 is 11.6 Å². The number of fused-ring (bicyclic) bond motifs is 3. The monoisotopic (exact) mass is 560 g/mol. The zero-order valence-corrected chi connectivity index (χ0v) is 23.2. The van der Waals surface area contributed by atoms with Crippen molar-refractivity contribution < 1.29 is 13.9 Å². The second kappa shape index (κ2) is 10.7. The minimum Gasteiger partial charge on any atom is -0.455 e. The highest BCUT2D eigenvalue weighted by Crippen LogP contribution is 2.40. The summed E-state index contributed by atoms with van der Waals surface area (Å²) in [4.78, 5) is 18.3. The molecule has 1 aliphatic carbocycles. The molecule has 8 heteroatoms. The fraction of sp³-hybridized carbons (Fsp3) is 0.406. The topological polar surface area (TPSA) is 49.7 Å². The lowest BCUT2D eigenvalue weighted by atomic mass is 9.96. The van der Waals surface area contributed by atoms with Crippen molar-refractivity contribution in [2.24, 2.45) is 5.92 Å². The number of alkyl halides is 1. The summed E-state index contributed by atoms with van der Waals surface area (Å²) in [7, 11) is 0. The number of halogens is 2. The van der Waals surface area contributed by atoms with Gasteiger partial charge in [-0.3, -0.25) is 9.69 Å². The van der Waals surface area contributed by atoms with Crippen LogP contribution in [0.25, 0.3) is 21.8 Å². The molecule has 0 unspecified atom stereocenters. The van der Waals surface area contributed by atoms with Crippen LogP contribution < -0.4 is 10.1 Å². The predicted molar refractivity (Wildman–Crippen MR) is 157 cm³/mol. The maximum absolute atomic E-state index is 15.0. The highest BCUT2D eigenvalue weighted by atomic mass is 35.5. The molecule has 1 amide bonds. The van der Waals surface area contributed by atoms with Crippen LogP contribution in [0.4, 0.5) is 4.39 Å². The number of benzene rings is 3. The quantitative estimate of drug-likeness (QED) is 0.309. The summed E-state index contributed by atoms with van der Waals surface area (Å²) in [5.74, 6) is 1.15. The summed E-state index contributed by atoms with van der Waals surface area (Å²) in [6.45, 7) is 5.04. The van der Waals surface area contributed by atoms with Crippen molar-refractivity contribution in [1.29, 1.82) is 0 Å². The van der Waals surface area contributed by atoms with E-state index in [-0.39, 0.29) is 11.8 Å². The number of piperazine rings is 1. The minimum atomic E-state index is -0.916. The summed E-state index contributed by atoms with van der Waals surface area (Å²) in [5.41, 5.74) is 2.52. The van der Waals surface area contributed by atoms with Crippen molar-refractivity contribution in [2.45, 2.75) is 38.0 Å². The first-order chi connectivity index (χ1) is 19.5. The van der Waals surface area contributed by atoms with E-state index in [0.29, 0.717) is 41.2 Å². The van der Waals surface area contributed by atoms with Gasteiger partial charge in [0.05, 0.1) is 5.52 Å². The number of nitrogens with zero attached hydrogens (tertiary/aromatic N) is 3. The summed E-state index contributed by atoms with van der Waals surface area (Å²) in [6.07, 6.45) is 2.41. The summed E-state index contributed by atoms with van der Waals surface area (Å²) < 4.78 is 23.7. The standard InChI is InChI=1S/C32H34ClFN4O2/c33-23-5-9-25(10-6-23)40-30-18-22(32(39)37-15-13-36(14-16-37)24-7-8-24)17-27-26-3-1-2-4-29(26)38(31(27)30)20-21-11-12-35-19-28(21)34/h1-6,9-10,17-18,21,24,28,35H,7-8,11-16,19-20H2/t21-,28+/m0/s1. The Bertz CT molecular complexity index is 1540. The molecule has 3 fully saturated rings. The summed E-state index contributed by atoms with van der Waals surface area (Å²) in [6, 6.07) is 20.0. The fourth-order valence-electron chi connectivity index (χ4n) is 6.40. The molecule has 0 spiro atoms. The minimum absolute atomic E-state index is 0.0253. The molecule has 208 valence electrons. The van der Waals surface area contributed by atoms with Crippen LogP contribution in [-0.4, -0.2) is 71.8 Å². The molecule has 40 heavy (non-hydrogen) atoms. The van der Waals surface area contributed by atoms with Gasteiger partial charge in [-0.2, -0.15) is 0 Å². The first-order valence-corrected chi connectivity index (χ1v) is 14.8. The third-order valence-electron chi connectivity index (χ3n) is 8.74. The molecule has 0 radical (unpaired) electrons. The first-order valence-electron chi connectivity index (χ1n) is 14.4. The lowest BCUT2D eigenvalue weighted by molar-refractivity contribution is 0.0627. The van der Waals surface area contributed by atoms with Crippen molar-refractivity contribution >= 4 is 39.3 Å². The Hall–Kier alpha value is -3.13. The molecular formula is C32H34ClFN4O2. The number of para-hydroxylation sites is 1. The molecule has 1 N–H and O–H groups in total.